The summed E-state index contributed by atoms with van der Waals surface area (Å²) in [5, 5.41) is 2.92. The van der Waals surface area contributed by atoms with E-state index in [1.807, 2.05) is 6.92 Å². The third-order valence-electron chi connectivity index (χ3n) is 6.34. The van der Waals surface area contributed by atoms with E-state index in [1.165, 1.54) is 12.0 Å². The number of amides is 4. The van der Waals surface area contributed by atoms with Gasteiger partial charge in [-0.3, -0.25) is 24.1 Å². The summed E-state index contributed by atoms with van der Waals surface area (Å²) in [7, 11) is 1.49. The van der Waals surface area contributed by atoms with Crippen LogP contribution >= 0.6 is 0 Å². The minimum absolute atomic E-state index is 0.0225. The molecule has 2 aromatic carbocycles. The minimum atomic E-state index is -0.346. The van der Waals surface area contributed by atoms with Crippen molar-refractivity contribution in [3.05, 3.63) is 64.7 Å². The number of rotatable bonds is 7. The quantitative estimate of drug-likeness (QED) is 0.637. The van der Waals surface area contributed by atoms with Crippen molar-refractivity contribution in [2.75, 3.05) is 26.7 Å². The fourth-order valence-electron chi connectivity index (χ4n) is 4.52. The number of carbonyl (C=O) groups excluding carboxylic acids is 4. The molecule has 0 spiro atoms. The van der Waals surface area contributed by atoms with Gasteiger partial charge in [-0.05, 0) is 49.1 Å². The first-order valence-electron chi connectivity index (χ1n) is 11.6. The second-order valence-electron chi connectivity index (χ2n) is 8.66. The van der Waals surface area contributed by atoms with Gasteiger partial charge in [0.05, 0.1) is 36.3 Å². The van der Waals surface area contributed by atoms with E-state index in [1.54, 1.807) is 47.4 Å². The summed E-state index contributed by atoms with van der Waals surface area (Å²) in [6, 6.07) is 11.8. The Balaban J connectivity index is 1.53. The molecule has 1 saturated heterocycles. The fraction of sp³-hybridized carbons (Fsp3) is 0.385. The number of carbonyl (C=O) groups is 4. The lowest BCUT2D eigenvalue weighted by Crippen LogP contribution is -2.45. The molecule has 2 aliphatic heterocycles. The van der Waals surface area contributed by atoms with Gasteiger partial charge in [0.15, 0.2) is 0 Å². The molecular formula is C26H29N3O5. The number of nitrogens with zero attached hydrogens (tertiary/aromatic N) is 2. The van der Waals surface area contributed by atoms with E-state index >= 15 is 0 Å². The molecule has 2 heterocycles. The third-order valence-corrected chi connectivity index (χ3v) is 6.34. The van der Waals surface area contributed by atoms with Gasteiger partial charge in [-0.2, -0.15) is 0 Å². The van der Waals surface area contributed by atoms with Gasteiger partial charge in [0, 0.05) is 19.6 Å². The number of ether oxygens (including phenoxy) is 1. The van der Waals surface area contributed by atoms with Crippen LogP contribution in [-0.2, 0) is 11.3 Å². The highest BCUT2D eigenvalue weighted by Gasteiger charge is 2.35. The first-order valence-corrected chi connectivity index (χ1v) is 11.6. The van der Waals surface area contributed by atoms with Gasteiger partial charge >= 0.3 is 0 Å². The van der Waals surface area contributed by atoms with Crippen LogP contribution in [0.15, 0.2) is 42.5 Å². The molecule has 0 saturated carbocycles. The van der Waals surface area contributed by atoms with Gasteiger partial charge < -0.3 is 15.0 Å². The Hall–Kier alpha value is -3.68. The van der Waals surface area contributed by atoms with Crippen molar-refractivity contribution in [1.29, 1.82) is 0 Å². The lowest BCUT2D eigenvalue weighted by Gasteiger charge is -2.32. The van der Waals surface area contributed by atoms with Crippen LogP contribution < -0.4 is 10.1 Å². The molecule has 1 N–H and O–H groups in total. The Morgan fingerprint density at radius 1 is 1.09 bits per heavy atom. The van der Waals surface area contributed by atoms with Crippen molar-refractivity contribution in [2.24, 2.45) is 5.92 Å². The van der Waals surface area contributed by atoms with Crippen LogP contribution in [0.4, 0.5) is 0 Å². The molecule has 4 amide bonds. The van der Waals surface area contributed by atoms with E-state index in [2.05, 4.69) is 5.32 Å². The molecule has 1 fully saturated rings. The highest BCUT2D eigenvalue weighted by molar-refractivity contribution is 6.21. The van der Waals surface area contributed by atoms with Crippen LogP contribution in [-0.4, -0.2) is 60.2 Å². The molecule has 0 radical (unpaired) electrons. The summed E-state index contributed by atoms with van der Waals surface area (Å²) in [6.07, 6.45) is 2.35. The average Bonchev–Trinajstić information content (AvgIpc) is 3.11. The van der Waals surface area contributed by atoms with Crippen LogP contribution in [0, 0.1) is 5.92 Å². The van der Waals surface area contributed by atoms with E-state index in [-0.39, 0.29) is 36.1 Å². The predicted octanol–water partition coefficient (Wildman–Crippen LogP) is 2.87. The van der Waals surface area contributed by atoms with Crippen molar-refractivity contribution >= 4 is 23.6 Å². The second-order valence-corrected chi connectivity index (χ2v) is 8.66. The predicted molar refractivity (Wildman–Crippen MR) is 126 cm³/mol. The zero-order chi connectivity index (χ0) is 24.2. The summed E-state index contributed by atoms with van der Waals surface area (Å²) in [5.74, 6) is -0.771. The Bertz CT molecular complexity index is 1090. The summed E-state index contributed by atoms with van der Waals surface area (Å²) in [4.78, 5) is 54.2. The molecule has 178 valence electrons. The molecule has 0 bridgehead atoms. The van der Waals surface area contributed by atoms with Crippen LogP contribution in [0.1, 0.15) is 62.8 Å². The summed E-state index contributed by atoms with van der Waals surface area (Å²) in [6.45, 7) is 3.58. The van der Waals surface area contributed by atoms with E-state index in [4.69, 9.17) is 4.74 Å². The van der Waals surface area contributed by atoms with Gasteiger partial charge in [-0.25, -0.2) is 0 Å². The number of hydrogen-bond donors (Lipinski definition) is 1. The highest BCUT2D eigenvalue weighted by atomic mass is 16.5. The first kappa shape index (κ1) is 23.5. The number of piperidine rings is 1. The van der Waals surface area contributed by atoms with Gasteiger partial charge in [-0.1, -0.05) is 25.1 Å². The number of nitrogens with one attached hydrogen (secondary N) is 1. The van der Waals surface area contributed by atoms with Crippen molar-refractivity contribution in [3.63, 3.8) is 0 Å². The van der Waals surface area contributed by atoms with Crippen molar-refractivity contribution in [1.82, 2.24) is 15.1 Å². The number of hydrogen-bond acceptors (Lipinski definition) is 5. The van der Waals surface area contributed by atoms with Gasteiger partial charge in [0.25, 0.3) is 17.7 Å². The standard InChI is InChI=1S/C26H29N3O5/c1-3-12-27-23(30)18-7-6-13-28(16-18)24(31)21-14-17(10-11-22(21)34-2)15-29-25(32)19-8-4-5-9-20(19)26(29)33/h4-5,8-11,14,18H,3,6-7,12-13,15-16H2,1-2H3,(H,27,30). The lowest BCUT2D eigenvalue weighted by molar-refractivity contribution is -0.126. The number of likely N-dealkylation sites (tertiary alicyclic amines) is 1. The van der Waals surface area contributed by atoms with Crippen molar-refractivity contribution in [3.8, 4) is 5.75 Å². The monoisotopic (exact) mass is 463 g/mol. The topological polar surface area (TPSA) is 96.0 Å². The number of fused-ring (bicyclic) bond motifs is 1. The van der Waals surface area contributed by atoms with E-state index in [0.29, 0.717) is 47.6 Å². The smallest absolute Gasteiger partial charge is 0.261 e. The summed E-state index contributed by atoms with van der Waals surface area (Å²) >= 11 is 0. The molecule has 2 aromatic rings. The molecule has 0 aromatic heterocycles. The highest BCUT2D eigenvalue weighted by Crippen LogP contribution is 2.28. The maximum atomic E-state index is 13.4. The average molecular weight is 464 g/mol. The van der Waals surface area contributed by atoms with E-state index < -0.39 is 0 Å². The Kier molecular flexibility index (Phi) is 6.95. The lowest BCUT2D eigenvalue weighted by atomic mass is 9.96. The van der Waals surface area contributed by atoms with Crippen molar-refractivity contribution < 1.29 is 23.9 Å². The van der Waals surface area contributed by atoms with Crippen LogP contribution in [0.25, 0.3) is 0 Å². The van der Waals surface area contributed by atoms with Crippen LogP contribution in [0.5, 0.6) is 5.75 Å². The molecule has 0 aliphatic carbocycles. The summed E-state index contributed by atoms with van der Waals surface area (Å²) in [5.41, 5.74) is 1.77. The maximum absolute atomic E-state index is 13.4. The largest absolute Gasteiger partial charge is 0.496 e. The minimum Gasteiger partial charge on any atom is -0.496 e. The van der Waals surface area contributed by atoms with Crippen LogP contribution in [0.3, 0.4) is 0 Å². The van der Waals surface area contributed by atoms with Crippen LogP contribution in [0.2, 0.25) is 0 Å². The molecule has 8 heteroatoms. The number of imide groups is 1. The Morgan fingerprint density at radius 2 is 1.79 bits per heavy atom. The fourth-order valence-corrected chi connectivity index (χ4v) is 4.52. The number of methoxy groups -OCH3 is 1. The van der Waals surface area contributed by atoms with Gasteiger partial charge in [0.1, 0.15) is 5.75 Å². The molecule has 2 aliphatic rings. The molecule has 34 heavy (non-hydrogen) atoms. The Labute approximate surface area is 198 Å². The molecule has 1 atom stereocenters. The normalized spacial score (nSPS) is 17.5. The summed E-state index contributed by atoms with van der Waals surface area (Å²) < 4.78 is 5.43. The van der Waals surface area contributed by atoms with E-state index in [0.717, 1.165) is 19.3 Å². The third kappa shape index (κ3) is 4.53. The zero-order valence-electron chi connectivity index (χ0n) is 19.5. The zero-order valence-corrected chi connectivity index (χ0v) is 19.5. The SMILES string of the molecule is CCCNC(=O)C1CCCN(C(=O)c2cc(CN3C(=O)c4ccccc4C3=O)ccc2OC)C1. The maximum Gasteiger partial charge on any atom is 0.261 e. The molecule has 1 unspecified atom stereocenters. The molecule has 8 nitrogen and oxygen atoms in total. The van der Waals surface area contributed by atoms with Crippen molar-refractivity contribution in [2.45, 2.75) is 32.7 Å². The first-order chi connectivity index (χ1) is 16.4. The molecule has 4 rings (SSSR count). The van der Waals surface area contributed by atoms with Gasteiger partial charge in [-0.15, -0.1) is 0 Å². The van der Waals surface area contributed by atoms with E-state index in [9.17, 15) is 19.2 Å². The number of benzene rings is 2. The Morgan fingerprint density at radius 3 is 2.44 bits per heavy atom. The second kappa shape index (κ2) is 10.1. The van der Waals surface area contributed by atoms with Gasteiger partial charge in [0.2, 0.25) is 5.91 Å². The molecular weight excluding hydrogens is 434 g/mol.